The van der Waals surface area contributed by atoms with Crippen LogP contribution in [0.2, 0.25) is 5.02 Å². The van der Waals surface area contributed by atoms with Crippen molar-refractivity contribution in [2.24, 2.45) is 0 Å². The average molecular weight is 869 g/mol. The zero-order valence-electron chi connectivity index (χ0n) is 34.2. The molecule has 0 saturated carbocycles. The summed E-state index contributed by atoms with van der Waals surface area (Å²) in [6.45, 7) is 8.90. The van der Waals surface area contributed by atoms with E-state index in [4.69, 9.17) is 35.5 Å². The molecule has 17 heteroatoms. The Morgan fingerprint density at radius 3 is 1.73 bits per heavy atom. The highest BCUT2D eigenvalue weighted by Gasteiger charge is 2.24. The topological polar surface area (TPSA) is 120 Å². The SMILES string of the molecule is COc1cc(-c2nc3cc(F)cc(F)c3c(Cl)c2C)ccn1.COc1cc(-c2nc3cc(F)cc(F)c3c(Nc3cc(N4CCOCC4)cnc3N3CCOCC3)c2C)ccn1. The van der Waals surface area contributed by atoms with E-state index < -0.39 is 23.3 Å². The van der Waals surface area contributed by atoms with E-state index in [-0.39, 0.29) is 26.8 Å². The number of pyridine rings is 5. The van der Waals surface area contributed by atoms with Gasteiger partial charge in [0.1, 0.15) is 23.3 Å². The Hall–Kier alpha value is -6.36. The first kappa shape index (κ1) is 42.3. The number of methoxy groups -OCH3 is 2. The Labute approximate surface area is 359 Å². The van der Waals surface area contributed by atoms with E-state index in [0.717, 1.165) is 42.8 Å². The smallest absolute Gasteiger partial charge is 0.213 e. The van der Waals surface area contributed by atoms with Gasteiger partial charge in [-0.15, -0.1) is 0 Å². The molecular weight excluding hydrogens is 828 g/mol. The first-order chi connectivity index (χ1) is 30.0. The number of halogens is 5. The number of aromatic nitrogens is 5. The molecule has 2 aliphatic heterocycles. The highest BCUT2D eigenvalue weighted by molar-refractivity contribution is 6.36. The Bertz CT molecular complexity index is 2790. The van der Waals surface area contributed by atoms with E-state index in [0.29, 0.717) is 96.3 Å². The van der Waals surface area contributed by atoms with Gasteiger partial charge in [0.25, 0.3) is 0 Å². The third-order valence-corrected chi connectivity index (χ3v) is 11.1. The monoisotopic (exact) mass is 868 g/mol. The van der Waals surface area contributed by atoms with Crippen molar-refractivity contribution in [3.05, 3.63) is 113 Å². The van der Waals surface area contributed by atoms with Crippen LogP contribution in [0.25, 0.3) is 44.3 Å². The number of hydrogen-bond acceptors (Lipinski definition) is 12. The van der Waals surface area contributed by atoms with Crippen LogP contribution in [0.3, 0.4) is 0 Å². The maximum absolute atomic E-state index is 15.5. The maximum atomic E-state index is 15.5. The molecule has 5 aromatic heterocycles. The zero-order valence-corrected chi connectivity index (χ0v) is 35.0. The van der Waals surface area contributed by atoms with Crippen LogP contribution in [0, 0.1) is 37.1 Å². The van der Waals surface area contributed by atoms with Gasteiger partial charge in [-0.3, -0.25) is 0 Å². The van der Waals surface area contributed by atoms with Crippen molar-refractivity contribution in [1.82, 2.24) is 24.9 Å². The predicted molar refractivity (Wildman–Crippen MR) is 231 cm³/mol. The van der Waals surface area contributed by atoms with Gasteiger partial charge in [-0.05, 0) is 43.2 Å². The zero-order chi connectivity index (χ0) is 43.5. The van der Waals surface area contributed by atoms with Gasteiger partial charge in [-0.2, -0.15) is 0 Å². The first-order valence-electron chi connectivity index (χ1n) is 19.7. The van der Waals surface area contributed by atoms with E-state index in [2.05, 4.69) is 35.1 Å². The molecule has 2 aromatic carbocycles. The van der Waals surface area contributed by atoms with Crippen LogP contribution in [0.4, 0.5) is 40.4 Å². The number of nitrogens with zero attached hydrogens (tertiary/aromatic N) is 7. The number of rotatable bonds is 8. The molecule has 9 rings (SSSR count). The third kappa shape index (κ3) is 8.71. The average Bonchev–Trinajstić information content (AvgIpc) is 3.29. The standard InChI is InChI=1S/C29H30F2N6O3.C16H11ClF2N2O/c1-18-27(19-3-4-32-25(13-19)38-2)34-23-15-20(30)14-22(31)26(23)28(18)35-24-16-21(36-5-9-39-10-6-36)17-33-29(24)37-7-11-40-12-8-37;1-8-15(17)14-11(19)6-10(18)7-12(14)21-16(8)9-3-4-20-13(5-9)22-2/h3-4,13-17H,5-12H2,1-2H3,(H,34,35);3-7H,1-2H3. The fraction of sp³-hybridized carbons (Fsp3) is 0.267. The molecule has 0 spiro atoms. The normalized spacial score (nSPS) is 14.1. The van der Waals surface area contributed by atoms with Crippen LogP contribution in [0.1, 0.15) is 11.1 Å². The molecular formula is C45H41ClF4N8O4. The second-order valence-corrected chi connectivity index (χ2v) is 14.9. The van der Waals surface area contributed by atoms with Gasteiger partial charge in [0.15, 0.2) is 5.82 Å². The Kier molecular flexibility index (Phi) is 12.5. The van der Waals surface area contributed by atoms with Gasteiger partial charge < -0.3 is 34.1 Å². The lowest BCUT2D eigenvalue weighted by atomic mass is 10.0. The molecule has 7 aromatic rings. The molecule has 2 fully saturated rings. The minimum Gasteiger partial charge on any atom is -0.481 e. The molecule has 7 heterocycles. The summed E-state index contributed by atoms with van der Waals surface area (Å²) in [6, 6.07) is 13.1. The van der Waals surface area contributed by atoms with Crippen LogP contribution in [-0.2, 0) is 9.47 Å². The van der Waals surface area contributed by atoms with Crippen molar-refractivity contribution in [2.75, 3.05) is 81.9 Å². The van der Waals surface area contributed by atoms with Gasteiger partial charge in [-0.1, -0.05) is 11.6 Å². The number of morpholine rings is 2. The molecule has 320 valence electrons. The summed E-state index contributed by atoms with van der Waals surface area (Å²) in [7, 11) is 3.04. The molecule has 12 nitrogen and oxygen atoms in total. The quantitative estimate of drug-likeness (QED) is 0.147. The number of hydrogen-bond donors (Lipinski definition) is 1. The van der Waals surface area contributed by atoms with Crippen molar-refractivity contribution in [3.8, 4) is 34.3 Å². The molecule has 1 N–H and O–H groups in total. The molecule has 2 aliphatic rings. The Morgan fingerprint density at radius 1 is 0.645 bits per heavy atom. The molecule has 0 bridgehead atoms. The van der Waals surface area contributed by atoms with Crippen molar-refractivity contribution >= 4 is 56.3 Å². The van der Waals surface area contributed by atoms with Crippen molar-refractivity contribution < 1.29 is 36.5 Å². The second-order valence-electron chi connectivity index (χ2n) is 14.5. The highest BCUT2D eigenvalue weighted by Crippen LogP contribution is 2.40. The summed E-state index contributed by atoms with van der Waals surface area (Å²) in [5.74, 6) is -1.26. The Morgan fingerprint density at radius 2 is 1.16 bits per heavy atom. The lowest BCUT2D eigenvalue weighted by molar-refractivity contribution is 0.122. The van der Waals surface area contributed by atoms with E-state index in [9.17, 15) is 13.2 Å². The number of anilines is 4. The largest absolute Gasteiger partial charge is 0.481 e. The van der Waals surface area contributed by atoms with Crippen molar-refractivity contribution in [3.63, 3.8) is 0 Å². The van der Waals surface area contributed by atoms with E-state index in [1.807, 2.05) is 19.2 Å². The van der Waals surface area contributed by atoms with Gasteiger partial charge >= 0.3 is 0 Å². The summed E-state index contributed by atoms with van der Waals surface area (Å²) in [5.41, 5.74) is 6.31. The molecule has 2 saturated heterocycles. The van der Waals surface area contributed by atoms with Gasteiger partial charge in [0, 0.05) is 86.1 Å². The van der Waals surface area contributed by atoms with Crippen LogP contribution in [0.15, 0.2) is 73.2 Å². The summed E-state index contributed by atoms with van der Waals surface area (Å²) < 4.78 is 78.7. The third-order valence-electron chi connectivity index (χ3n) is 10.7. The minimum absolute atomic E-state index is 0.116. The fourth-order valence-electron chi connectivity index (χ4n) is 7.52. The maximum Gasteiger partial charge on any atom is 0.213 e. The number of benzene rings is 2. The lowest BCUT2D eigenvalue weighted by Gasteiger charge is -2.32. The molecule has 0 amide bonds. The van der Waals surface area contributed by atoms with E-state index in [1.165, 1.54) is 20.3 Å². The molecule has 0 unspecified atom stereocenters. The van der Waals surface area contributed by atoms with E-state index >= 15 is 4.39 Å². The molecule has 0 radical (unpaired) electrons. The van der Waals surface area contributed by atoms with Crippen LogP contribution >= 0.6 is 11.6 Å². The summed E-state index contributed by atoms with van der Waals surface area (Å²) in [5, 5.41) is 4.04. The van der Waals surface area contributed by atoms with Gasteiger partial charge in [-0.25, -0.2) is 42.5 Å². The number of nitrogens with one attached hydrogen (secondary N) is 1. The number of fused-ring (bicyclic) bond motifs is 2. The van der Waals surface area contributed by atoms with Crippen LogP contribution in [0.5, 0.6) is 11.8 Å². The summed E-state index contributed by atoms with van der Waals surface area (Å²) in [4.78, 5) is 26.5. The highest BCUT2D eigenvalue weighted by atomic mass is 35.5. The first-order valence-corrected chi connectivity index (χ1v) is 20.1. The lowest BCUT2D eigenvalue weighted by Crippen LogP contribution is -2.38. The molecule has 62 heavy (non-hydrogen) atoms. The fourth-order valence-corrected chi connectivity index (χ4v) is 7.79. The Balaban J connectivity index is 0.000000203. The van der Waals surface area contributed by atoms with Crippen LogP contribution < -0.4 is 24.6 Å². The van der Waals surface area contributed by atoms with Crippen molar-refractivity contribution in [1.29, 1.82) is 0 Å². The second kappa shape index (κ2) is 18.3. The summed E-state index contributed by atoms with van der Waals surface area (Å²) in [6.07, 6.45) is 5.05. The van der Waals surface area contributed by atoms with Gasteiger partial charge in [0.2, 0.25) is 11.8 Å². The minimum atomic E-state index is -0.727. The number of ether oxygens (including phenoxy) is 4. The summed E-state index contributed by atoms with van der Waals surface area (Å²) >= 11 is 6.26. The predicted octanol–water partition coefficient (Wildman–Crippen LogP) is 9.25. The van der Waals surface area contributed by atoms with Gasteiger partial charge in [0.05, 0.1) is 102 Å². The van der Waals surface area contributed by atoms with Crippen molar-refractivity contribution in [2.45, 2.75) is 13.8 Å². The van der Waals surface area contributed by atoms with E-state index in [1.54, 1.807) is 43.6 Å². The molecule has 0 aliphatic carbocycles. The van der Waals surface area contributed by atoms with Crippen LogP contribution in [-0.4, -0.2) is 91.7 Å². The molecule has 0 atom stereocenters.